The van der Waals surface area contributed by atoms with Crippen molar-refractivity contribution in [2.75, 3.05) is 13.1 Å². The second-order valence-electron chi connectivity index (χ2n) is 6.55. The minimum Gasteiger partial charge on any atom is -0.504 e. The Hall–Kier alpha value is -2.78. The van der Waals surface area contributed by atoms with Crippen LogP contribution in [0.5, 0.6) is 11.5 Å². The molecule has 7 nitrogen and oxygen atoms in total. The van der Waals surface area contributed by atoms with E-state index in [4.69, 9.17) is 12.2 Å². The summed E-state index contributed by atoms with van der Waals surface area (Å²) in [7, 11) is 1.90. The van der Waals surface area contributed by atoms with Crippen molar-refractivity contribution in [1.82, 2.24) is 14.8 Å². The highest BCUT2D eigenvalue weighted by Crippen LogP contribution is 2.32. The Balaban J connectivity index is 1.47. The van der Waals surface area contributed by atoms with Gasteiger partial charge < -0.3 is 20.1 Å². The molecular weight excluding hydrogens is 410 g/mol. The number of nitrogens with zero attached hydrogens (tertiary/aromatic N) is 2. The summed E-state index contributed by atoms with van der Waals surface area (Å²) in [6.45, 7) is 0.607. The average molecular weight is 432 g/mol. The first-order valence-electron chi connectivity index (χ1n) is 8.99. The predicted molar refractivity (Wildman–Crippen MR) is 116 cm³/mol. The molecule has 2 heterocycles. The van der Waals surface area contributed by atoms with Crippen LogP contribution in [0, 0.1) is 0 Å². The number of nitrogens with one attached hydrogen (secondary N) is 1. The van der Waals surface area contributed by atoms with Gasteiger partial charge in [-0.2, -0.15) is 0 Å². The van der Waals surface area contributed by atoms with Crippen LogP contribution < -0.4 is 5.32 Å². The number of thioether (sulfide) groups is 1. The van der Waals surface area contributed by atoms with E-state index in [2.05, 4.69) is 5.32 Å². The molecule has 29 heavy (non-hydrogen) atoms. The third-order valence-corrected chi connectivity index (χ3v) is 5.85. The van der Waals surface area contributed by atoms with Crippen molar-refractivity contribution in [3.63, 3.8) is 0 Å². The molecule has 1 aromatic heterocycles. The molecule has 0 atom stereocenters. The Morgan fingerprint density at radius 3 is 2.76 bits per heavy atom. The van der Waals surface area contributed by atoms with E-state index in [1.165, 1.54) is 28.8 Å². The Morgan fingerprint density at radius 2 is 2.07 bits per heavy atom. The minimum absolute atomic E-state index is 0.144. The van der Waals surface area contributed by atoms with Crippen LogP contribution >= 0.6 is 24.0 Å². The third kappa shape index (κ3) is 5.18. The first-order valence-corrected chi connectivity index (χ1v) is 10.2. The van der Waals surface area contributed by atoms with Gasteiger partial charge in [0.15, 0.2) is 11.5 Å². The normalized spacial score (nSPS) is 15.3. The van der Waals surface area contributed by atoms with Gasteiger partial charge in [-0.3, -0.25) is 14.5 Å². The molecule has 9 heteroatoms. The lowest BCUT2D eigenvalue weighted by Gasteiger charge is -2.14. The van der Waals surface area contributed by atoms with E-state index in [1.807, 2.05) is 29.9 Å². The SMILES string of the molecule is Cn1cccc1C=C1SC(=S)N(CCC(=O)NCCc2ccc(O)c(O)c2)C1=O. The van der Waals surface area contributed by atoms with E-state index < -0.39 is 0 Å². The lowest BCUT2D eigenvalue weighted by molar-refractivity contribution is -0.123. The van der Waals surface area contributed by atoms with Gasteiger partial charge in [-0.1, -0.05) is 30.0 Å². The van der Waals surface area contributed by atoms with Gasteiger partial charge in [0.2, 0.25) is 5.91 Å². The van der Waals surface area contributed by atoms with Gasteiger partial charge in [-0.05, 0) is 42.3 Å². The van der Waals surface area contributed by atoms with Crippen LogP contribution in [0.3, 0.4) is 0 Å². The number of aromatic nitrogens is 1. The van der Waals surface area contributed by atoms with Crippen molar-refractivity contribution in [3.8, 4) is 11.5 Å². The zero-order valence-electron chi connectivity index (χ0n) is 15.8. The molecular formula is C20H21N3O4S2. The van der Waals surface area contributed by atoms with Gasteiger partial charge in [-0.15, -0.1) is 0 Å². The maximum atomic E-state index is 12.6. The first kappa shape index (κ1) is 20.9. The summed E-state index contributed by atoms with van der Waals surface area (Å²) >= 11 is 6.53. The Morgan fingerprint density at radius 1 is 1.28 bits per heavy atom. The molecule has 152 valence electrons. The number of carbonyl (C=O) groups excluding carboxylic acids is 2. The van der Waals surface area contributed by atoms with Crippen molar-refractivity contribution in [1.29, 1.82) is 0 Å². The Bertz CT molecular complexity index is 984. The minimum atomic E-state index is -0.188. The van der Waals surface area contributed by atoms with Crippen molar-refractivity contribution < 1.29 is 19.8 Å². The van der Waals surface area contributed by atoms with E-state index >= 15 is 0 Å². The molecule has 0 aliphatic carbocycles. The van der Waals surface area contributed by atoms with Crippen LogP contribution in [-0.4, -0.2) is 48.9 Å². The predicted octanol–water partition coefficient (Wildman–Crippen LogP) is 2.39. The van der Waals surface area contributed by atoms with Crippen LogP contribution in [0.25, 0.3) is 6.08 Å². The number of phenols is 2. The number of aromatic hydroxyl groups is 2. The van der Waals surface area contributed by atoms with Crippen LogP contribution in [0.15, 0.2) is 41.4 Å². The molecule has 1 saturated heterocycles. The Kier molecular flexibility index (Phi) is 6.60. The zero-order chi connectivity index (χ0) is 21.0. The monoisotopic (exact) mass is 431 g/mol. The largest absolute Gasteiger partial charge is 0.504 e. The van der Waals surface area contributed by atoms with Crippen LogP contribution in [-0.2, 0) is 23.1 Å². The molecule has 1 aliphatic rings. The van der Waals surface area contributed by atoms with Crippen molar-refractivity contribution in [2.24, 2.45) is 7.05 Å². The fraction of sp³-hybridized carbons (Fsp3) is 0.250. The average Bonchev–Trinajstić information content (AvgIpc) is 3.19. The summed E-state index contributed by atoms with van der Waals surface area (Å²) in [5, 5.41) is 21.6. The fourth-order valence-electron chi connectivity index (χ4n) is 2.82. The zero-order valence-corrected chi connectivity index (χ0v) is 17.4. The maximum Gasteiger partial charge on any atom is 0.266 e. The standard InChI is InChI=1S/C20H21N3O4S2/c1-22-9-2-3-14(22)12-17-19(27)23(20(28)29-17)10-7-18(26)21-8-6-13-4-5-15(24)16(25)11-13/h2-5,9,11-12,24-25H,6-8,10H2,1H3,(H,21,26). The number of benzene rings is 1. The number of hydrogen-bond donors (Lipinski definition) is 3. The summed E-state index contributed by atoms with van der Waals surface area (Å²) in [6, 6.07) is 8.36. The second kappa shape index (κ2) is 9.15. The van der Waals surface area contributed by atoms with Gasteiger partial charge >= 0.3 is 0 Å². The number of carbonyl (C=O) groups is 2. The molecule has 3 N–H and O–H groups in total. The highest BCUT2D eigenvalue weighted by molar-refractivity contribution is 8.26. The number of thiocarbonyl (C=S) groups is 1. The van der Waals surface area contributed by atoms with Gasteiger partial charge in [0.25, 0.3) is 5.91 Å². The third-order valence-electron chi connectivity index (χ3n) is 4.47. The molecule has 2 aromatic rings. The van der Waals surface area contributed by atoms with E-state index in [0.717, 1.165) is 11.3 Å². The molecule has 1 aromatic carbocycles. The summed E-state index contributed by atoms with van der Waals surface area (Å²) < 4.78 is 2.36. The molecule has 0 radical (unpaired) electrons. The van der Waals surface area contributed by atoms with E-state index in [-0.39, 0.29) is 36.3 Å². The van der Waals surface area contributed by atoms with Gasteiger partial charge in [0.05, 0.1) is 4.91 Å². The summed E-state index contributed by atoms with van der Waals surface area (Å²) in [4.78, 5) is 26.7. The summed E-state index contributed by atoms with van der Waals surface area (Å²) in [5.74, 6) is -0.740. The highest BCUT2D eigenvalue weighted by Gasteiger charge is 2.32. The highest BCUT2D eigenvalue weighted by atomic mass is 32.2. The lowest BCUT2D eigenvalue weighted by Crippen LogP contribution is -2.34. The second-order valence-corrected chi connectivity index (χ2v) is 8.23. The van der Waals surface area contributed by atoms with Crippen molar-refractivity contribution in [2.45, 2.75) is 12.8 Å². The number of aryl methyl sites for hydroxylation is 1. The lowest BCUT2D eigenvalue weighted by atomic mass is 10.1. The number of rotatable bonds is 7. The smallest absolute Gasteiger partial charge is 0.266 e. The molecule has 2 amide bonds. The van der Waals surface area contributed by atoms with Crippen LogP contribution in [0.4, 0.5) is 0 Å². The molecule has 0 bridgehead atoms. The van der Waals surface area contributed by atoms with Gasteiger partial charge in [0, 0.05) is 38.4 Å². The molecule has 0 unspecified atom stereocenters. The van der Waals surface area contributed by atoms with Crippen LogP contribution in [0.1, 0.15) is 17.7 Å². The Labute approximate surface area is 178 Å². The molecule has 3 rings (SSSR count). The molecule has 0 spiro atoms. The molecule has 1 aliphatic heterocycles. The number of amides is 2. The summed E-state index contributed by atoms with van der Waals surface area (Å²) in [6.07, 6.45) is 4.35. The van der Waals surface area contributed by atoms with Crippen molar-refractivity contribution in [3.05, 3.63) is 52.7 Å². The van der Waals surface area contributed by atoms with E-state index in [1.54, 1.807) is 12.1 Å². The fourth-order valence-corrected chi connectivity index (χ4v) is 4.12. The number of hydrogen-bond acceptors (Lipinski definition) is 6. The maximum absolute atomic E-state index is 12.6. The van der Waals surface area contributed by atoms with E-state index in [0.29, 0.717) is 22.2 Å². The van der Waals surface area contributed by atoms with Gasteiger partial charge in [-0.25, -0.2) is 0 Å². The van der Waals surface area contributed by atoms with Crippen molar-refractivity contribution >= 4 is 46.2 Å². The summed E-state index contributed by atoms with van der Waals surface area (Å²) in [5.41, 5.74) is 1.70. The molecule has 0 saturated carbocycles. The number of phenolic OH excluding ortho intramolecular Hbond substituents is 2. The topological polar surface area (TPSA) is 94.8 Å². The van der Waals surface area contributed by atoms with Gasteiger partial charge in [0.1, 0.15) is 4.32 Å². The quantitative estimate of drug-likeness (QED) is 0.354. The first-order chi connectivity index (χ1) is 13.8. The van der Waals surface area contributed by atoms with Crippen LogP contribution in [0.2, 0.25) is 0 Å². The molecule has 1 fully saturated rings. The van der Waals surface area contributed by atoms with E-state index in [9.17, 15) is 19.8 Å².